The zero-order chi connectivity index (χ0) is 13.6. The van der Waals surface area contributed by atoms with E-state index in [4.69, 9.17) is 11.6 Å². The highest BCUT2D eigenvalue weighted by atomic mass is 35.5. The van der Waals surface area contributed by atoms with Crippen LogP contribution in [-0.4, -0.2) is 22.7 Å². The Balaban J connectivity index is 2.36. The lowest BCUT2D eigenvalue weighted by molar-refractivity contribution is -0.123. The van der Waals surface area contributed by atoms with E-state index in [1.165, 1.54) is 10.8 Å². The molecule has 94 valence electrons. The van der Waals surface area contributed by atoms with E-state index in [9.17, 15) is 14.4 Å². The van der Waals surface area contributed by atoms with Crippen LogP contribution in [0.4, 0.5) is 0 Å². The number of imide groups is 1. The lowest BCUT2D eigenvalue weighted by atomic mass is 10.2. The van der Waals surface area contributed by atoms with Gasteiger partial charge >= 0.3 is 0 Å². The molecule has 1 aliphatic rings. The number of para-hydroxylation sites is 1. The standard InChI is InChI=1S/C13H7ClN2O3/c14-10-11(13(19)15-12(10)18)16-5-7(6-17)8-3-1-2-4-9(8)16/h1-6H,(H,15,18,19). The minimum absolute atomic E-state index is 0.0379. The summed E-state index contributed by atoms with van der Waals surface area (Å²) in [4.78, 5) is 34.2. The van der Waals surface area contributed by atoms with Gasteiger partial charge in [-0.3, -0.25) is 19.7 Å². The predicted molar refractivity (Wildman–Crippen MR) is 69.5 cm³/mol. The van der Waals surface area contributed by atoms with E-state index >= 15 is 0 Å². The summed E-state index contributed by atoms with van der Waals surface area (Å²) in [5.41, 5.74) is 1.11. The molecule has 1 N–H and O–H groups in total. The number of nitrogens with one attached hydrogen (secondary N) is 1. The number of fused-ring (bicyclic) bond motifs is 1. The highest BCUT2D eigenvalue weighted by Gasteiger charge is 2.31. The molecule has 6 heteroatoms. The van der Waals surface area contributed by atoms with Gasteiger partial charge in [0.15, 0.2) is 6.29 Å². The number of aromatic nitrogens is 1. The molecule has 1 aliphatic heterocycles. The molecule has 3 rings (SSSR count). The molecule has 0 fully saturated rings. The Kier molecular flexibility index (Phi) is 2.50. The van der Waals surface area contributed by atoms with Crippen molar-refractivity contribution < 1.29 is 14.4 Å². The van der Waals surface area contributed by atoms with Gasteiger partial charge in [-0.05, 0) is 6.07 Å². The fraction of sp³-hybridized carbons (Fsp3) is 0. The first-order chi connectivity index (χ1) is 9.13. The maximum Gasteiger partial charge on any atom is 0.276 e. The second-order valence-corrected chi connectivity index (χ2v) is 4.41. The molecule has 0 radical (unpaired) electrons. The van der Waals surface area contributed by atoms with E-state index in [1.54, 1.807) is 24.3 Å². The molecule has 0 saturated carbocycles. The van der Waals surface area contributed by atoms with Gasteiger partial charge in [-0.2, -0.15) is 0 Å². The SMILES string of the molecule is O=Cc1cn(C2=C(Cl)C(=O)NC2=O)c2ccccc12. The monoisotopic (exact) mass is 274 g/mol. The summed E-state index contributed by atoms with van der Waals surface area (Å²) in [5, 5.41) is 2.63. The fourth-order valence-electron chi connectivity index (χ4n) is 2.12. The van der Waals surface area contributed by atoms with E-state index in [0.29, 0.717) is 22.8 Å². The maximum atomic E-state index is 11.8. The van der Waals surface area contributed by atoms with Crippen molar-refractivity contribution in [3.63, 3.8) is 0 Å². The van der Waals surface area contributed by atoms with Crippen LogP contribution in [0.1, 0.15) is 10.4 Å². The Hall–Kier alpha value is -2.40. The van der Waals surface area contributed by atoms with E-state index in [1.807, 2.05) is 0 Å². The highest BCUT2D eigenvalue weighted by Crippen LogP contribution is 2.28. The number of nitrogens with zero attached hydrogens (tertiary/aromatic N) is 1. The minimum Gasteiger partial charge on any atom is -0.310 e. The molecule has 1 aromatic carbocycles. The van der Waals surface area contributed by atoms with Crippen molar-refractivity contribution in [2.24, 2.45) is 0 Å². The van der Waals surface area contributed by atoms with Crippen LogP contribution in [0.5, 0.6) is 0 Å². The first-order valence-corrected chi connectivity index (χ1v) is 5.82. The van der Waals surface area contributed by atoms with Gasteiger partial charge in [0.1, 0.15) is 10.7 Å². The Labute approximate surface area is 112 Å². The van der Waals surface area contributed by atoms with Gasteiger partial charge in [0.25, 0.3) is 11.8 Å². The van der Waals surface area contributed by atoms with Crippen LogP contribution in [0.25, 0.3) is 16.6 Å². The second kappa shape index (κ2) is 4.07. The van der Waals surface area contributed by atoms with Crippen molar-refractivity contribution in [1.82, 2.24) is 9.88 Å². The first-order valence-electron chi connectivity index (χ1n) is 5.44. The number of carbonyl (C=O) groups excluding carboxylic acids is 3. The Bertz CT molecular complexity index is 773. The van der Waals surface area contributed by atoms with Crippen LogP contribution < -0.4 is 5.32 Å². The van der Waals surface area contributed by atoms with Gasteiger partial charge in [0.05, 0.1) is 5.52 Å². The van der Waals surface area contributed by atoms with Crippen molar-refractivity contribution in [3.05, 3.63) is 41.1 Å². The van der Waals surface area contributed by atoms with Crippen molar-refractivity contribution in [2.75, 3.05) is 0 Å². The van der Waals surface area contributed by atoms with Gasteiger partial charge in [0.2, 0.25) is 0 Å². The molecule has 1 aromatic heterocycles. The maximum absolute atomic E-state index is 11.8. The number of carbonyl (C=O) groups is 3. The van der Waals surface area contributed by atoms with Crippen LogP contribution in [0.2, 0.25) is 0 Å². The molecule has 0 atom stereocenters. The average molecular weight is 275 g/mol. The van der Waals surface area contributed by atoms with E-state index < -0.39 is 11.8 Å². The summed E-state index contributed by atoms with van der Waals surface area (Å²) in [6.45, 7) is 0. The third-order valence-corrected chi connectivity index (χ3v) is 3.31. The van der Waals surface area contributed by atoms with Gasteiger partial charge < -0.3 is 4.57 Å². The fourth-order valence-corrected chi connectivity index (χ4v) is 2.35. The van der Waals surface area contributed by atoms with Crippen molar-refractivity contribution in [1.29, 1.82) is 0 Å². The number of hydrogen-bond donors (Lipinski definition) is 1. The highest BCUT2D eigenvalue weighted by molar-refractivity contribution is 6.53. The number of aldehydes is 1. The van der Waals surface area contributed by atoms with Gasteiger partial charge in [-0.1, -0.05) is 29.8 Å². The topological polar surface area (TPSA) is 68.2 Å². The van der Waals surface area contributed by atoms with Crippen LogP contribution in [0.3, 0.4) is 0 Å². The van der Waals surface area contributed by atoms with E-state index in [2.05, 4.69) is 5.32 Å². The lowest BCUT2D eigenvalue weighted by Crippen LogP contribution is -2.23. The zero-order valence-electron chi connectivity index (χ0n) is 9.51. The molecule has 2 amide bonds. The summed E-state index contributed by atoms with van der Waals surface area (Å²) in [6, 6.07) is 7.07. The molecular formula is C13H7ClN2O3. The van der Waals surface area contributed by atoms with Crippen LogP contribution in [0.15, 0.2) is 35.5 Å². The van der Waals surface area contributed by atoms with E-state index in [0.717, 1.165) is 0 Å². The van der Waals surface area contributed by atoms with Crippen LogP contribution in [0, 0.1) is 0 Å². The van der Waals surface area contributed by atoms with Gasteiger partial charge in [0, 0.05) is 17.1 Å². The molecule has 0 spiro atoms. The van der Waals surface area contributed by atoms with Crippen LogP contribution >= 0.6 is 11.6 Å². The van der Waals surface area contributed by atoms with E-state index in [-0.39, 0.29) is 10.7 Å². The third kappa shape index (κ3) is 1.59. The number of rotatable bonds is 2. The van der Waals surface area contributed by atoms with Crippen molar-refractivity contribution in [2.45, 2.75) is 0 Å². The first kappa shape index (κ1) is 11.7. The third-order valence-electron chi connectivity index (χ3n) is 2.96. The predicted octanol–water partition coefficient (Wildman–Crippen LogP) is 1.52. The zero-order valence-corrected chi connectivity index (χ0v) is 10.3. The molecular weight excluding hydrogens is 268 g/mol. The number of amides is 2. The normalized spacial score (nSPS) is 15.2. The molecule has 5 nitrogen and oxygen atoms in total. The molecule has 0 saturated heterocycles. The Morgan fingerprint density at radius 2 is 1.89 bits per heavy atom. The summed E-state index contributed by atoms with van der Waals surface area (Å²) >= 11 is 5.85. The molecule has 0 aliphatic carbocycles. The van der Waals surface area contributed by atoms with Gasteiger partial charge in [-0.25, -0.2) is 0 Å². The van der Waals surface area contributed by atoms with Gasteiger partial charge in [-0.15, -0.1) is 0 Å². The number of benzene rings is 1. The quantitative estimate of drug-likeness (QED) is 0.667. The summed E-state index contributed by atoms with van der Waals surface area (Å²) < 4.78 is 1.46. The number of halogens is 1. The molecule has 2 heterocycles. The summed E-state index contributed by atoms with van der Waals surface area (Å²) in [5.74, 6) is -1.21. The Morgan fingerprint density at radius 3 is 2.53 bits per heavy atom. The Morgan fingerprint density at radius 1 is 1.16 bits per heavy atom. The smallest absolute Gasteiger partial charge is 0.276 e. The minimum atomic E-state index is -0.632. The van der Waals surface area contributed by atoms with Crippen LogP contribution in [-0.2, 0) is 9.59 Å². The lowest BCUT2D eigenvalue weighted by Gasteiger charge is -2.03. The molecule has 0 unspecified atom stereocenters. The van der Waals surface area contributed by atoms with Crippen molar-refractivity contribution >= 4 is 46.3 Å². The largest absolute Gasteiger partial charge is 0.310 e. The molecule has 19 heavy (non-hydrogen) atoms. The molecule has 0 bridgehead atoms. The number of hydrogen-bond acceptors (Lipinski definition) is 3. The average Bonchev–Trinajstić information content (AvgIpc) is 2.88. The second-order valence-electron chi connectivity index (χ2n) is 4.04. The molecule has 2 aromatic rings. The summed E-state index contributed by atoms with van der Waals surface area (Å²) in [6.07, 6.45) is 2.19. The van der Waals surface area contributed by atoms with Crippen molar-refractivity contribution in [3.8, 4) is 0 Å². The summed E-state index contributed by atoms with van der Waals surface area (Å²) in [7, 11) is 0.